The molecule has 0 spiro atoms. The number of aliphatic hydroxyl groups is 2. The van der Waals surface area contributed by atoms with Gasteiger partial charge in [-0.15, -0.1) is 0 Å². The van der Waals surface area contributed by atoms with Gasteiger partial charge in [0.1, 0.15) is 11.4 Å². The minimum Gasteiger partial charge on any atom is -0.372 e. The molecule has 4 aromatic rings. The zero-order chi connectivity index (χ0) is 33.7. The fourth-order valence-electron chi connectivity index (χ4n) is 6.96. The van der Waals surface area contributed by atoms with E-state index in [1.54, 1.807) is 13.8 Å². The number of hydrogen-bond acceptors (Lipinski definition) is 6. The van der Waals surface area contributed by atoms with Crippen molar-refractivity contribution in [3.05, 3.63) is 131 Å². The van der Waals surface area contributed by atoms with Crippen LogP contribution in [0.5, 0.6) is 0 Å². The first-order valence-corrected chi connectivity index (χ1v) is 16.7. The molecule has 248 valence electrons. The van der Waals surface area contributed by atoms with E-state index in [0.717, 1.165) is 35.1 Å². The van der Waals surface area contributed by atoms with Crippen LogP contribution in [0.2, 0.25) is 0 Å². The summed E-state index contributed by atoms with van der Waals surface area (Å²) >= 11 is 0. The van der Waals surface area contributed by atoms with Crippen LogP contribution in [-0.2, 0) is 21.0 Å². The largest absolute Gasteiger partial charge is 0.372 e. The number of carbonyl (C=O) groups is 2. The van der Waals surface area contributed by atoms with E-state index in [4.69, 9.17) is 0 Å². The second kappa shape index (κ2) is 14.3. The number of hydrogen-bond donors (Lipinski definition) is 4. The summed E-state index contributed by atoms with van der Waals surface area (Å²) < 4.78 is 0. The van der Waals surface area contributed by atoms with Gasteiger partial charge >= 0.3 is 0 Å². The van der Waals surface area contributed by atoms with Crippen molar-refractivity contribution in [2.45, 2.75) is 63.1 Å². The van der Waals surface area contributed by atoms with Gasteiger partial charge < -0.3 is 20.8 Å². The maximum Gasteiger partial charge on any atom is 0.241 e. The van der Waals surface area contributed by atoms with E-state index in [-0.39, 0.29) is 11.8 Å². The van der Waals surface area contributed by atoms with E-state index in [1.807, 2.05) is 131 Å². The molecule has 4 aromatic carbocycles. The maximum atomic E-state index is 13.3. The van der Waals surface area contributed by atoms with Crippen molar-refractivity contribution in [1.29, 1.82) is 0 Å². The first-order valence-electron chi connectivity index (χ1n) is 16.7. The first kappa shape index (κ1) is 33.3. The predicted molar refractivity (Wildman–Crippen MR) is 191 cm³/mol. The van der Waals surface area contributed by atoms with Gasteiger partial charge in [-0.25, -0.2) is 0 Å². The van der Waals surface area contributed by atoms with Gasteiger partial charge in [-0.1, -0.05) is 97.1 Å². The molecule has 2 saturated heterocycles. The number of nitrogens with zero attached hydrogens (tertiary/aromatic N) is 2. The van der Waals surface area contributed by atoms with Crippen LogP contribution in [0.25, 0.3) is 12.2 Å². The van der Waals surface area contributed by atoms with Gasteiger partial charge in [0.2, 0.25) is 11.8 Å². The van der Waals surface area contributed by atoms with Crippen molar-refractivity contribution in [3.63, 3.8) is 0 Å². The van der Waals surface area contributed by atoms with Crippen LogP contribution in [0.15, 0.2) is 109 Å². The van der Waals surface area contributed by atoms with Crippen molar-refractivity contribution in [2.75, 3.05) is 23.7 Å². The molecule has 2 heterocycles. The second-order valence-electron chi connectivity index (χ2n) is 13.0. The number of rotatable bonds is 10. The molecule has 2 amide bonds. The first-order chi connectivity index (χ1) is 23.1. The molecule has 0 bridgehead atoms. The van der Waals surface area contributed by atoms with Crippen molar-refractivity contribution < 1.29 is 19.8 Å². The van der Waals surface area contributed by atoms with Crippen molar-refractivity contribution in [2.24, 2.45) is 0 Å². The van der Waals surface area contributed by atoms with Gasteiger partial charge in [0, 0.05) is 24.5 Å². The van der Waals surface area contributed by atoms with Crippen LogP contribution in [0.3, 0.4) is 0 Å². The third-order valence-electron chi connectivity index (χ3n) is 9.70. The molecule has 8 nitrogen and oxygen atoms in total. The minimum absolute atomic E-state index is 0.124. The summed E-state index contributed by atoms with van der Waals surface area (Å²) in [7, 11) is 0. The maximum absolute atomic E-state index is 13.3. The Hall–Kier alpha value is -4.60. The molecule has 2 aliphatic rings. The molecule has 0 unspecified atom stereocenters. The minimum atomic E-state index is -1.24. The Morgan fingerprint density at radius 2 is 0.958 bits per heavy atom. The molecular formula is C40H44N4O4. The fourth-order valence-corrected chi connectivity index (χ4v) is 6.96. The SMILES string of the molecule is C[C@](O)(c1ccccc1)N1CCC[C@H]1C(=O)Nc1ccc(/C=C/c2ccc(NC(=O)[C@@H]3CCCN3[C@@](C)(O)c3ccccc3)cc2)cc1. The lowest BCUT2D eigenvalue weighted by molar-refractivity contribution is -0.138. The van der Waals surface area contributed by atoms with Crippen LogP contribution in [0, 0.1) is 0 Å². The Morgan fingerprint density at radius 3 is 1.31 bits per heavy atom. The number of nitrogens with one attached hydrogen (secondary N) is 2. The normalized spacial score (nSPS) is 21.1. The van der Waals surface area contributed by atoms with E-state index < -0.39 is 23.5 Å². The number of likely N-dealkylation sites (tertiary alicyclic amines) is 2. The molecule has 8 heteroatoms. The summed E-state index contributed by atoms with van der Waals surface area (Å²) in [4.78, 5) is 30.3. The van der Waals surface area contributed by atoms with Crippen LogP contribution >= 0.6 is 0 Å². The third-order valence-corrected chi connectivity index (χ3v) is 9.70. The Morgan fingerprint density at radius 1 is 0.604 bits per heavy atom. The number of carbonyl (C=O) groups excluding carboxylic acids is 2. The van der Waals surface area contributed by atoms with Gasteiger partial charge in [0.15, 0.2) is 0 Å². The molecular weight excluding hydrogens is 600 g/mol. The van der Waals surface area contributed by atoms with Crippen LogP contribution in [0.1, 0.15) is 61.8 Å². The van der Waals surface area contributed by atoms with Gasteiger partial charge in [0.25, 0.3) is 0 Å². The Bertz CT molecular complexity index is 1590. The van der Waals surface area contributed by atoms with E-state index >= 15 is 0 Å². The highest BCUT2D eigenvalue weighted by atomic mass is 16.3. The van der Waals surface area contributed by atoms with Crippen LogP contribution in [0.4, 0.5) is 11.4 Å². The smallest absolute Gasteiger partial charge is 0.241 e. The quantitative estimate of drug-likeness (QED) is 0.149. The molecule has 6 rings (SSSR count). The predicted octanol–water partition coefficient (Wildman–Crippen LogP) is 6.39. The van der Waals surface area contributed by atoms with Gasteiger partial charge in [-0.3, -0.25) is 19.4 Å². The molecule has 48 heavy (non-hydrogen) atoms. The monoisotopic (exact) mass is 644 g/mol. The fraction of sp³-hybridized carbons (Fsp3) is 0.300. The Labute approximate surface area is 282 Å². The van der Waals surface area contributed by atoms with Gasteiger partial charge in [-0.2, -0.15) is 0 Å². The lowest BCUT2D eigenvalue weighted by Crippen LogP contribution is -2.50. The summed E-state index contributed by atoms with van der Waals surface area (Å²) in [5.74, 6) is -0.247. The van der Waals surface area contributed by atoms with Crippen molar-refractivity contribution >= 4 is 35.3 Å². The van der Waals surface area contributed by atoms with Crippen molar-refractivity contribution in [1.82, 2.24) is 9.80 Å². The average molecular weight is 645 g/mol. The number of amides is 2. The van der Waals surface area contributed by atoms with Gasteiger partial charge in [0.05, 0.1) is 12.1 Å². The summed E-state index contributed by atoms with van der Waals surface area (Å²) in [5, 5.41) is 28.7. The lowest BCUT2D eigenvalue weighted by Gasteiger charge is -2.38. The summed E-state index contributed by atoms with van der Waals surface area (Å²) in [5.41, 5.74) is 2.43. The average Bonchev–Trinajstić information content (AvgIpc) is 3.82. The zero-order valence-electron chi connectivity index (χ0n) is 27.5. The zero-order valence-corrected chi connectivity index (χ0v) is 27.5. The molecule has 4 atom stereocenters. The lowest BCUT2D eigenvalue weighted by atomic mass is 10.0. The molecule has 0 aromatic heterocycles. The van der Waals surface area contributed by atoms with E-state index in [1.165, 1.54) is 0 Å². The standard InChI is InChI=1S/C40H44N4O4/c1-39(47,31-11-5-3-6-12-31)43-27-9-15-35(43)37(45)41-33-23-19-29(20-24-33)17-18-30-21-25-34(26-22-30)42-38(46)36-16-10-28-44(36)40(2,48)32-13-7-4-8-14-32/h3-8,11-14,17-26,35-36,47-48H,9-10,15-16,27-28H2,1-2H3,(H,41,45)(H,42,46)/b18-17+/t35-,36-,39-,40-/m0/s1. The topological polar surface area (TPSA) is 105 Å². The molecule has 0 radical (unpaired) electrons. The molecule has 0 aliphatic carbocycles. The summed E-state index contributed by atoms with van der Waals surface area (Å²) in [6, 6.07) is 33.4. The van der Waals surface area contributed by atoms with Gasteiger partial charge in [-0.05, 0) is 86.1 Å². The second-order valence-corrected chi connectivity index (χ2v) is 13.0. The third kappa shape index (κ3) is 7.27. The molecule has 2 fully saturated rings. The van der Waals surface area contributed by atoms with E-state index in [9.17, 15) is 19.8 Å². The number of anilines is 2. The summed E-state index contributed by atoms with van der Waals surface area (Å²) in [6.45, 7) is 4.80. The van der Waals surface area contributed by atoms with E-state index in [0.29, 0.717) is 37.3 Å². The molecule has 2 aliphatic heterocycles. The Balaban J connectivity index is 1.03. The molecule has 4 N–H and O–H groups in total. The Kier molecular flexibility index (Phi) is 9.89. The molecule has 0 saturated carbocycles. The van der Waals surface area contributed by atoms with Crippen LogP contribution in [-0.4, -0.2) is 57.0 Å². The van der Waals surface area contributed by atoms with Crippen molar-refractivity contribution in [3.8, 4) is 0 Å². The van der Waals surface area contributed by atoms with Crippen LogP contribution < -0.4 is 10.6 Å². The number of benzene rings is 4. The highest BCUT2D eigenvalue weighted by Crippen LogP contribution is 2.34. The highest BCUT2D eigenvalue weighted by molar-refractivity contribution is 5.96. The van der Waals surface area contributed by atoms with E-state index in [2.05, 4.69) is 10.6 Å². The summed E-state index contributed by atoms with van der Waals surface area (Å²) in [6.07, 6.45) is 7.06. The highest BCUT2D eigenvalue weighted by Gasteiger charge is 2.43.